The van der Waals surface area contributed by atoms with Gasteiger partial charge in [-0.25, -0.2) is 0 Å². The predicted molar refractivity (Wildman–Crippen MR) is 165 cm³/mol. The van der Waals surface area contributed by atoms with Crippen molar-refractivity contribution in [1.82, 2.24) is 0 Å². The van der Waals surface area contributed by atoms with Crippen molar-refractivity contribution in [3.63, 3.8) is 0 Å². The van der Waals surface area contributed by atoms with E-state index >= 15 is 0 Å². The summed E-state index contributed by atoms with van der Waals surface area (Å²) >= 11 is 0. The molecule has 0 N–H and O–H groups in total. The minimum Gasteiger partial charge on any atom is -0.258 e. The van der Waals surface area contributed by atoms with Crippen LogP contribution in [0.15, 0.2) is 36.4 Å². The zero-order chi connectivity index (χ0) is 28.4. The Morgan fingerprint density at radius 3 is 1.68 bits per heavy atom. The zero-order valence-corrected chi connectivity index (χ0v) is 26.6. The summed E-state index contributed by atoms with van der Waals surface area (Å²) < 4.78 is 0. The van der Waals surface area contributed by atoms with Crippen molar-refractivity contribution in [3.05, 3.63) is 68.8 Å². The molecule has 0 spiro atoms. The van der Waals surface area contributed by atoms with Crippen LogP contribution in [0.1, 0.15) is 84.6 Å². The molecule has 37 heavy (non-hydrogen) atoms. The monoisotopic (exact) mass is 531 g/mol. The van der Waals surface area contributed by atoms with Gasteiger partial charge in [-0.1, -0.05) is 106 Å². The molecule has 2 aromatic rings. The lowest BCUT2D eigenvalue weighted by molar-refractivity contribution is -0.384. The standard InChI is InChI=1S/C32H42NO2PSi/c1-30(2,3)24-21-27(31(4,5)6)29(28(22-24)32(7,8)9)36-26(19-20-37(10,11)12)18-15-23-13-16-25(17-14-23)33(34)35/h13-14,16-17,21-22H,1-12H3. The van der Waals surface area contributed by atoms with Gasteiger partial charge in [0, 0.05) is 23.0 Å². The number of rotatable bonds is 2. The van der Waals surface area contributed by atoms with Crippen LogP contribution in [0.3, 0.4) is 0 Å². The topological polar surface area (TPSA) is 43.1 Å². The van der Waals surface area contributed by atoms with E-state index in [4.69, 9.17) is 0 Å². The fourth-order valence-corrected chi connectivity index (χ4v) is 5.67. The second kappa shape index (κ2) is 11.0. The van der Waals surface area contributed by atoms with Crippen molar-refractivity contribution in [3.8, 4) is 23.3 Å². The Kier molecular flexibility index (Phi) is 9.08. The summed E-state index contributed by atoms with van der Waals surface area (Å²) in [6.45, 7) is 27.2. The SMILES string of the molecule is CC(C)(C)c1cc(C(C)(C)C)c(P=C(C#Cc2ccc([N+](=O)[O-])cc2)C#C[Si](C)(C)C)c(C(C)(C)C)c1. The molecule has 0 saturated carbocycles. The van der Waals surface area contributed by atoms with E-state index in [2.05, 4.69) is 117 Å². The molecule has 0 aliphatic carbocycles. The van der Waals surface area contributed by atoms with Gasteiger partial charge in [0.2, 0.25) is 0 Å². The van der Waals surface area contributed by atoms with Crippen LogP contribution >= 0.6 is 8.20 Å². The summed E-state index contributed by atoms with van der Waals surface area (Å²) in [5.41, 5.74) is 8.25. The molecule has 0 amide bonds. The molecule has 196 valence electrons. The van der Waals surface area contributed by atoms with Gasteiger partial charge in [0.05, 0.1) is 4.92 Å². The van der Waals surface area contributed by atoms with Crippen LogP contribution in [0.4, 0.5) is 5.69 Å². The van der Waals surface area contributed by atoms with Gasteiger partial charge in [-0.05, 0) is 59.2 Å². The van der Waals surface area contributed by atoms with Gasteiger partial charge in [0.25, 0.3) is 5.69 Å². The van der Waals surface area contributed by atoms with Crippen LogP contribution in [-0.2, 0) is 16.2 Å². The molecule has 2 rings (SSSR count). The van der Waals surface area contributed by atoms with Gasteiger partial charge in [0.1, 0.15) is 13.4 Å². The number of nitro groups is 1. The zero-order valence-electron chi connectivity index (χ0n) is 24.7. The van der Waals surface area contributed by atoms with Gasteiger partial charge in [0.15, 0.2) is 0 Å². The quantitative estimate of drug-likeness (QED) is 0.129. The van der Waals surface area contributed by atoms with E-state index in [1.807, 2.05) is 0 Å². The average Bonchev–Trinajstić information content (AvgIpc) is 2.72. The van der Waals surface area contributed by atoms with Crippen molar-refractivity contribution >= 4 is 32.6 Å². The molecule has 0 saturated heterocycles. The van der Waals surface area contributed by atoms with E-state index in [9.17, 15) is 10.1 Å². The van der Waals surface area contributed by atoms with Crippen molar-refractivity contribution < 1.29 is 4.92 Å². The first-order valence-corrected chi connectivity index (χ1v) is 17.2. The van der Waals surface area contributed by atoms with Crippen molar-refractivity contribution in [1.29, 1.82) is 0 Å². The Balaban J connectivity index is 2.89. The highest BCUT2D eigenvalue weighted by Gasteiger charge is 2.28. The fraction of sp³-hybridized carbons (Fsp3) is 0.469. The molecule has 0 aliphatic heterocycles. The summed E-state index contributed by atoms with van der Waals surface area (Å²) in [4.78, 5) is 10.6. The molecular formula is C32H42NO2PSi. The lowest BCUT2D eigenvalue weighted by Crippen LogP contribution is -2.30. The molecule has 0 atom stereocenters. The lowest BCUT2D eigenvalue weighted by Gasteiger charge is -2.32. The minimum absolute atomic E-state index is 0.0370. The predicted octanol–water partition coefficient (Wildman–Crippen LogP) is 8.16. The van der Waals surface area contributed by atoms with Crippen molar-refractivity contribution in [2.75, 3.05) is 0 Å². The van der Waals surface area contributed by atoms with Gasteiger partial charge in [-0.2, -0.15) is 0 Å². The third kappa shape index (κ3) is 9.00. The molecule has 0 aliphatic rings. The van der Waals surface area contributed by atoms with E-state index < -0.39 is 13.0 Å². The number of hydrogen-bond donors (Lipinski definition) is 0. The largest absolute Gasteiger partial charge is 0.269 e. The molecule has 2 aromatic carbocycles. The number of hydrogen-bond acceptors (Lipinski definition) is 2. The number of nitrogens with zero attached hydrogens (tertiary/aromatic N) is 1. The molecule has 0 bridgehead atoms. The van der Waals surface area contributed by atoms with Crippen LogP contribution in [0, 0.1) is 33.4 Å². The van der Waals surface area contributed by atoms with Crippen LogP contribution in [0.2, 0.25) is 19.6 Å². The molecular weight excluding hydrogens is 489 g/mol. The highest BCUT2D eigenvalue weighted by atomic mass is 31.1. The molecule has 0 unspecified atom stereocenters. The molecule has 0 fully saturated rings. The second-order valence-electron chi connectivity index (χ2n) is 13.7. The Bertz CT molecular complexity index is 1280. The smallest absolute Gasteiger partial charge is 0.258 e. The Labute approximate surface area is 227 Å². The Morgan fingerprint density at radius 1 is 0.811 bits per heavy atom. The summed E-state index contributed by atoms with van der Waals surface area (Å²) in [6, 6.07) is 11.1. The third-order valence-corrected chi connectivity index (χ3v) is 7.80. The third-order valence-electron chi connectivity index (χ3n) is 5.77. The first kappa shape index (κ1) is 30.6. The van der Waals surface area contributed by atoms with Crippen molar-refractivity contribution in [2.24, 2.45) is 0 Å². The average molecular weight is 532 g/mol. The molecule has 5 heteroatoms. The van der Waals surface area contributed by atoms with Crippen molar-refractivity contribution in [2.45, 2.75) is 98.2 Å². The van der Waals surface area contributed by atoms with E-state index in [-0.39, 0.29) is 21.9 Å². The van der Waals surface area contributed by atoms with Gasteiger partial charge >= 0.3 is 0 Å². The van der Waals surface area contributed by atoms with Crippen LogP contribution in [0.5, 0.6) is 0 Å². The van der Waals surface area contributed by atoms with Crippen LogP contribution < -0.4 is 5.30 Å². The molecule has 0 radical (unpaired) electrons. The highest BCUT2D eigenvalue weighted by molar-refractivity contribution is 7.50. The molecule has 0 aromatic heterocycles. The minimum atomic E-state index is -1.63. The number of non-ortho nitro benzene ring substituents is 1. The lowest BCUT2D eigenvalue weighted by atomic mass is 9.75. The summed E-state index contributed by atoms with van der Waals surface area (Å²) in [5, 5.41) is 13.2. The fourth-order valence-electron chi connectivity index (χ4n) is 3.57. The summed E-state index contributed by atoms with van der Waals surface area (Å²) in [6.07, 6.45) is 0. The van der Waals surface area contributed by atoms with Crippen LogP contribution in [0.25, 0.3) is 0 Å². The summed E-state index contributed by atoms with van der Waals surface area (Å²) in [5.74, 6) is 10.0. The maximum atomic E-state index is 11.0. The summed E-state index contributed by atoms with van der Waals surface area (Å²) in [7, 11) is -0.628. The second-order valence-corrected chi connectivity index (χ2v) is 19.6. The van der Waals surface area contributed by atoms with E-state index in [0.717, 1.165) is 19.1 Å². The van der Waals surface area contributed by atoms with Crippen LogP contribution in [-0.4, -0.2) is 18.3 Å². The van der Waals surface area contributed by atoms with Gasteiger partial charge < -0.3 is 0 Å². The molecule has 0 heterocycles. The first-order valence-electron chi connectivity index (χ1n) is 12.8. The van der Waals surface area contributed by atoms with E-state index in [1.165, 1.54) is 34.1 Å². The number of benzene rings is 2. The van der Waals surface area contributed by atoms with Gasteiger partial charge in [-0.3, -0.25) is 10.1 Å². The Morgan fingerprint density at radius 2 is 1.30 bits per heavy atom. The molecule has 3 nitrogen and oxygen atoms in total. The first-order chi connectivity index (χ1) is 16.7. The maximum Gasteiger partial charge on any atom is 0.269 e. The Hall–Kier alpha value is -2.65. The van der Waals surface area contributed by atoms with Gasteiger partial charge in [-0.15, -0.1) is 5.54 Å². The van der Waals surface area contributed by atoms with E-state index in [0.29, 0.717) is 0 Å². The van der Waals surface area contributed by atoms with E-state index in [1.54, 1.807) is 12.1 Å². The maximum absolute atomic E-state index is 11.0. The normalized spacial score (nSPS) is 12.8. The highest BCUT2D eigenvalue weighted by Crippen LogP contribution is 2.35. The number of nitro benzene ring substituents is 1.